The van der Waals surface area contributed by atoms with Crippen molar-refractivity contribution in [2.45, 2.75) is 13.0 Å². The highest BCUT2D eigenvalue weighted by molar-refractivity contribution is 7.80. The van der Waals surface area contributed by atoms with Gasteiger partial charge in [0.05, 0.1) is 17.6 Å². The van der Waals surface area contributed by atoms with E-state index in [-0.39, 0.29) is 11.9 Å². The summed E-state index contributed by atoms with van der Waals surface area (Å²) in [6, 6.07) is 9.65. The monoisotopic (exact) mass is 306 g/mol. The summed E-state index contributed by atoms with van der Waals surface area (Å²) < 4.78 is 0. The van der Waals surface area contributed by atoms with Crippen LogP contribution in [0, 0.1) is 0 Å². The summed E-state index contributed by atoms with van der Waals surface area (Å²) >= 11 is 5.03. The number of carbonyl (C=O) groups excluding carboxylic acids is 1. The first kappa shape index (κ1) is 15.9. The van der Waals surface area contributed by atoms with Crippen LogP contribution < -0.4 is 11.1 Å². The summed E-state index contributed by atoms with van der Waals surface area (Å²) in [5.74, 6) is 0.0250. The summed E-state index contributed by atoms with van der Waals surface area (Å²) in [6.07, 6.45) is 0. The number of rotatable bonds is 5. The van der Waals surface area contributed by atoms with E-state index in [0.717, 1.165) is 31.9 Å². The van der Waals surface area contributed by atoms with E-state index in [4.69, 9.17) is 18.0 Å². The number of nitrogens with one attached hydrogen (secondary N) is 1. The quantitative estimate of drug-likeness (QED) is 0.792. The summed E-state index contributed by atoms with van der Waals surface area (Å²) in [5, 5.41) is 2.91. The number of nitrogens with zero attached hydrogens (tertiary/aromatic N) is 2. The van der Waals surface area contributed by atoms with Crippen LogP contribution in [0.1, 0.15) is 6.92 Å². The fourth-order valence-corrected chi connectivity index (χ4v) is 2.56. The lowest BCUT2D eigenvalue weighted by atomic mass is 10.2. The number of carbonyl (C=O) groups is 1. The number of benzene rings is 1. The second-order valence-corrected chi connectivity index (χ2v) is 5.78. The van der Waals surface area contributed by atoms with Crippen molar-refractivity contribution in [3.8, 4) is 0 Å². The summed E-state index contributed by atoms with van der Waals surface area (Å²) in [5.41, 5.74) is 6.52. The van der Waals surface area contributed by atoms with Gasteiger partial charge in [-0.15, -0.1) is 0 Å². The summed E-state index contributed by atoms with van der Waals surface area (Å²) in [7, 11) is 0. The third kappa shape index (κ3) is 4.77. The lowest BCUT2D eigenvalue weighted by Crippen LogP contribution is -2.53. The van der Waals surface area contributed by atoms with Crippen LogP contribution in [0.4, 0.5) is 5.69 Å². The fourth-order valence-electron chi connectivity index (χ4n) is 2.41. The molecule has 0 radical (unpaired) electrons. The van der Waals surface area contributed by atoms with Gasteiger partial charge in [-0.3, -0.25) is 14.6 Å². The minimum absolute atomic E-state index is 0.0250. The molecular formula is C15H22N4OS. The molecule has 114 valence electrons. The van der Waals surface area contributed by atoms with Crippen LogP contribution in [0.3, 0.4) is 0 Å². The Hall–Kier alpha value is -1.50. The fraction of sp³-hybridized carbons (Fsp3) is 0.467. The Morgan fingerprint density at radius 3 is 2.48 bits per heavy atom. The van der Waals surface area contributed by atoms with Gasteiger partial charge in [0.15, 0.2) is 0 Å². The van der Waals surface area contributed by atoms with Gasteiger partial charge in [-0.05, 0) is 19.1 Å². The molecule has 1 aromatic rings. The molecule has 1 heterocycles. The molecule has 1 atom stereocenters. The van der Waals surface area contributed by atoms with E-state index >= 15 is 0 Å². The maximum Gasteiger partial charge on any atom is 0.238 e. The average molecular weight is 306 g/mol. The van der Waals surface area contributed by atoms with Crippen molar-refractivity contribution in [2.24, 2.45) is 5.73 Å². The van der Waals surface area contributed by atoms with E-state index in [2.05, 4.69) is 15.1 Å². The molecule has 0 spiro atoms. The predicted molar refractivity (Wildman–Crippen MR) is 89.3 cm³/mol. The van der Waals surface area contributed by atoms with Gasteiger partial charge < -0.3 is 11.1 Å². The maximum absolute atomic E-state index is 12.0. The molecular weight excluding hydrogens is 284 g/mol. The molecule has 1 saturated heterocycles. The average Bonchev–Trinajstić information content (AvgIpc) is 2.48. The highest BCUT2D eigenvalue weighted by Gasteiger charge is 2.23. The van der Waals surface area contributed by atoms with Crippen molar-refractivity contribution in [3.63, 3.8) is 0 Å². The van der Waals surface area contributed by atoms with E-state index in [1.807, 2.05) is 37.3 Å². The molecule has 1 aliphatic heterocycles. The van der Waals surface area contributed by atoms with Gasteiger partial charge in [0.25, 0.3) is 0 Å². The minimum Gasteiger partial charge on any atom is -0.392 e. The molecule has 21 heavy (non-hydrogen) atoms. The smallest absolute Gasteiger partial charge is 0.238 e. The molecule has 0 aromatic heterocycles. The first-order valence-corrected chi connectivity index (χ1v) is 7.57. The number of thiocarbonyl (C=S) groups is 1. The second kappa shape index (κ2) is 7.49. The Morgan fingerprint density at radius 2 is 1.90 bits per heavy atom. The number of hydrogen-bond donors (Lipinski definition) is 2. The van der Waals surface area contributed by atoms with E-state index < -0.39 is 0 Å². The molecule has 1 amide bonds. The molecule has 1 aromatic carbocycles. The highest BCUT2D eigenvalue weighted by atomic mass is 32.1. The van der Waals surface area contributed by atoms with Crippen LogP contribution in [0.2, 0.25) is 0 Å². The predicted octanol–water partition coefficient (Wildman–Crippen LogP) is 0.917. The second-order valence-electron chi connectivity index (χ2n) is 5.30. The zero-order valence-corrected chi connectivity index (χ0v) is 13.1. The van der Waals surface area contributed by atoms with Gasteiger partial charge in [0, 0.05) is 31.9 Å². The lowest BCUT2D eigenvalue weighted by Gasteiger charge is -2.37. The minimum atomic E-state index is 0.0250. The Balaban J connectivity index is 1.76. The van der Waals surface area contributed by atoms with Crippen LogP contribution in [0.25, 0.3) is 0 Å². The van der Waals surface area contributed by atoms with Crippen LogP contribution in [0.15, 0.2) is 30.3 Å². The van der Waals surface area contributed by atoms with Gasteiger partial charge >= 0.3 is 0 Å². The number of amides is 1. The summed E-state index contributed by atoms with van der Waals surface area (Å²) in [6.45, 7) is 5.93. The molecule has 0 saturated carbocycles. The Bertz CT molecular complexity index is 486. The van der Waals surface area contributed by atoms with Gasteiger partial charge in [0.2, 0.25) is 5.91 Å². The number of para-hydroxylation sites is 1. The van der Waals surface area contributed by atoms with Crippen molar-refractivity contribution < 1.29 is 4.79 Å². The first-order chi connectivity index (χ1) is 10.1. The highest BCUT2D eigenvalue weighted by Crippen LogP contribution is 2.08. The topological polar surface area (TPSA) is 61.6 Å². The molecule has 1 fully saturated rings. The van der Waals surface area contributed by atoms with Crippen molar-refractivity contribution >= 4 is 28.8 Å². The van der Waals surface area contributed by atoms with Crippen molar-refractivity contribution in [1.82, 2.24) is 9.80 Å². The largest absolute Gasteiger partial charge is 0.392 e. The number of nitrogens with two attached hydrogens (primary N) is 1. The molecule has 3 N–H and O–H groups in total. The molecule has 5 nitrogen and oxygen atoms in total. The number of piperazine rings is 1. The normalized spacial score (nSPS) is 18.1. The third-order valence-electron chi connectivity index (χ3n) is 3.79. The maximum atomic E-state index is 12.0. The first-order valence-electron chi connectivity index (χ1n) is 7.17. The zero-order chi connectivity index (χ0) is 15.2. The van der Waals surface area contributed by atoms with Crippen LogP contribution in [-0.4, -0.2) is 59.5 Å². The van der Waals surface area contributed by atoms with Crippen molar-refractivity contribution in [3.05, 3.63) is 30.3 Å². The Morgan fingerprint density at radius 1 is 1.29 bits per heavy atom. The summed E-state index contributed by atoms with van der Waals surface area (Å²) in [4.78, 5) is 16.9. The molecule has 1 aliphatic rings. The van der Waals surface area contributed by atoms with Gasteiger partial charge in [-0.25, -0.2) is 0 Å². The zero-order valence-electron chi connectivity index (χ0n) is 12.3. The van der Waals surface area contributed by atoms with E-state index in [9.17, 15) is 4.79 Å². The third-order valence-corrected chi connectivity index (χ3v) is 4.13. The molecule has 0 bridgehead atoms. The molecule has 1 unspecified atom stereocenters. The number of hydrogen-bond acceptors (Lipinski definition) is 4. The molecule has 2 rings (SSSR count). The Labute approximate surface area is 131 Å². The van der Waals surface area contributed by atoms with Crippen LogP contribution >= 0.6 is 12.2 Å². The SMILES string of the molecule is CC(C(N)=S)N1CCN(CC(=O)Nc2ccccc2)CC1. The lowest BCUT2D eigenvalue weighted by molar-refractivity contribution is -0.117. The van der Waals surface area contributed by atoms with E-state index in [1.54, 1.807) is 0 Å². The van der Waals surface area contributed by atoms with Gasteiger partial charge in [-0.2, -0.15) is 0 Å². The van der Waals surface area contributed by atoms with E-state index in [0.29, 0.717) is 11.5 Å². The number of anilines is 1. The standard InChI is InChI=1S/C15H22N4OS/c1-12(15(16)21)19-9-7-18(8-10-19)11-14(20)17-13-5-3-2-4-6-13/h2-6,12H,7-11H2,1H3,(H2,16,21)(H,17,20). The van der Waals surface area contributed by atoms with Crippen LogP contribution in [-0.2, 0) is 4.79 Å². The van der Waals surface area contributed by atoms with Gasteiger partial charge in [0.1, 0.15) is 0 Å². The molecule has 0 aliphatic carbocycles. The Kier molecular flexibility index (Phi) is 5.67. The van der Waals surface area contributed by atoms with Crippen molar-refractivity contribution in [2.75, 3.05) is 38.0 Å². The van der Waals surface area contributed by atoms with E-state index in [1.165, 1.54) is 0 Å². The van der Waals surface area contributed by atoms with Gasteiger partial charge in [-0.1, -0.05) is 30.4 Å². The molecule has 6 heteroatoms. The van der Waals surface area contributed by atoms with Crippen LogP contribution in [0.5, 0.6) is 0 Å². The van der Waals surface area contributed by atoms with Crippen molar-refractivity contribution in [1.29, 1.82) is 0 Å².